The molecule has 3 N–H and O–H groups in total. The number of carboxylic acid groups (broad SMARTS) is 1. The molecule has 31 heavy (non-hydrogen) atoms. The third-order valence-electron chi connectivity index (χ3n) is 5.99. The van der Waals surface area contributed by atoms with E-state index >= 15 is 0 Å². The SMILES string of the molecule is CC(C(=O)O)c1c(-c2ccc(Cl)c(S(=O)(=O)NC3CCCCC3)c2)[nH]c2ccccc12. The molecule has 1 heterocycles. The van der Waals surface area contributed by atoms with E-state index < -0.39 is 21.9 Å². The third kappa shape index (κ3) is 4.35. The number of hydrogen-bond acceptors (Lipinski definition) is 3. The number of fused-ring (bicyclic) bond motifs is 1. The molecule has 0 spiro atoms. The fourth-order valence-electron chi connectivity index (χ4n) is 4.33. The average Bonchev–Trinajstić information content (AvgIpc) is 3.13. The number of H-pyrrole nitrogens is 1. The van der Waals surface area contributed by atoms with Crippen LogP contribution in [0, 0.1) is 0 Å². The number of carbonyl (C=O) groups is 1. The van der Waals surface area contributed by atoms with Crippen molar-refractivity contribution in [3.8, 4) is 11.3 Å². The van der Waals surface area contributed by atoms with Gasteiger partial charge in [-0.3, -0.25) is 4.79 Å². The Kier molecular flexibility index (Phi) is 6.10. The van der Waals surface area contributed by atoms with Gasteiger partial charge in [0, 0.05) is 16.9 Å². The summed E-state index contributed by atoms with van der Waals surface area (Å²) < 4.78 is 29.0. The molecule has 1 aliphatic rings. The zero-order valence-electron chi connectivity index (χ0n) is 17.2. The van der Waals surface area contributed by atoms with Gasteiger partial charge in [-0.1, -0.05) is 55.1 Å². The van der Waals surface area contributed by atoms with Gasteiger partial charge in [-0.15, -0.1) is 0 Å². The molecule has 2 aromatic carbocycles. The van der Waals surface area contributed by atoms with Crippen LogP contribution in [0.2, 0.25) is 5.02 Å². The van der Waals surface area contributed by atoms with Crippen LogP contribution in [0.1, 0.15) is 50.5 Å². The van der Waals surface area contributed by atoms with Crippen molar-refractivity contribution in [3.05, 3.63) is 53.1 Å². The number of hydrogen-bond donors (Lipinski definition) is 3. The molecule has 1 fully saturated rings. The fraction of sp³-hybridized carbons (Fsp3) is 0.348. The highest BCUT2D eigenvalue weighted by molar-refractivity contribution is 7.89. The lowest BCUT2D eigenvalue weighted by Crippen LogP contribution is -2.36. The zero-order valence-corrected chi connectivity index (χ0v) is 18.8. The van der Waals surface area contributed by atoms with Crippen molar-refractivity contribution in [1.29, 1.82) is 0 Å². The smallest absolute Gasteiger partial charge is 0.310 e. The maximum atomic E-state index is 13.1. The second kappa shape index (κ2) is 8.65. The van der Waals surface area contributed by atoms with Gasteiger partial charge in [0.1, 0.15) is 4.90 Å². The molecule has 1 aliphatic carbocycles. The number of aromatic amines is 1. The molecule has 0 bridgehead atoms. The van der Waals surface area contributed by atoms with E-state index in [2.05, 4.69) is 9.71 Å². The number of para-hydroxylation sites is 1. The summed E-state index contributed by atoms with van der Waals surface area (Å²) in [5, 5.41) is 10.6. The summed E-state index contributed by atoms with van der Waals surface area (Å²) in [4.78, 5) is 15.1. The number of aromatic nitrogens is 1. The first kappa shape index (κ1) is 21.9. The molecular formula is C23H25ClN2O4S. The molecule has 1 atom stereocenters. The van der Waals surface area contributed by atoms with E-state index in [4.69, 9.17) is 11.6 Å². The highest BCUT2D eigenvalue weighted by Crippen LogP contribution is 2.37. The maximum Gasteiger partial charge on any atom is 0.310 e. The summed E-state index contributed by atoms with van der Waals surface area (Å²) in [6.07, 6.45) is 4.77. The summed E-state index contributed by atoms with van der Waals surface area (Å²) in [5.41, 5.74) is 2.57. The second-order valence-electron chi connectivity index (χ2n) is 8.12. The van der Waals surface area contributed by atoms with E-state index in [1.54, 1.807) is 19.1 Å². The topological polar surface area (TPSA) is 99.3 Å². The highest BCUT2D eigenvalue weighted by atomic mass is 35.5. The van der Waals surface area contributed by atoms with Gasteiger partial charge < -0.3 is 10.1 Å². The molecule has 3 aromatic rings. The largest absolute Gasteiger partial charge is 0.481 e. The van der Waals surface area contributed by atoms with Gasteiger partial charge in [0.25, 0.3) is 0 Å². The number of carboxylic acids is 1. The Morgan fingerprint density at radius 1 is 1.16 bits per heavy atom. The summed E-state index contributed by atoms with van der Waals surface area (Å²) in [6.45, 7) is 1.62. The number of nitrogens with one attached hydrogen (secondary N) is 2. The summed E-state index contributed by atoms with van der Waals surface area (Å²) in [5.74, 6) is -1.73. The number of halogens is 1. The maximum absolute atomic E-state index is 13.1. The Balaban J connectivity index is 1.81. The van der Waals surface area contributed by atoms with Gasteiger partial charge in [0.05, 0.1) is 16.6 Å². The van der Waals surface area contributed by atoms with Crippen LogP contribution in [0.25, 0.3) is 22.2 Å². The Labute approximate surface area is 186 Å². The van der Waals surface area contributed by atoms with Gasteiger partial charge in [-0.2, -0.15) is 0 Å². The van der Waals surface area contributed by atoms with Gasteiger partial charge in [-0.05, 0) is 49.1 Å². The molecule has 0 saturated heterocycles. The Morgan fingerprint density at radius 2 is 1.87 bits per heavy atom. The number of sulfonamides is 1. The highest BCUT2D eigenvalue weighted by Gasteiger charge is 2.27. The average molecular weight is 461 g/mol. The molecule has 1 unspecified atom stereocenters. The molecule has 0 radical (unpaired) electrons. The van der Waals surface area contributed by atoms with Gasteiger partial charge in [-0.25, -0.2) is 13.1 Å². The van der Waals surface area contributed by atoms with Gasteiger partial charge in [0.2, 0.25) is 10.0 Å². The molecule has 1 saturated carbocycles. The van der Waals surface area contributed by atoms with Crippen molar-refractivity contribution in [2.45, 2.75) is 55.9 Å². The van der Waals surface area contributed by atoms with E-state index in [9.17, 15) is 18.3 Å². The normalized spacial score (nSPS) is 16.5. The molecule has 164 valence electrons. The first-order valence-corrected chi connectivity index (χ1v) is 12.3. The predicted molar refractivity (Wildman–Crippen MR) is 122 cm³/mol. The molecule has 0 amide bonds. The van der Waals surface area contributed by atoms with Crippen molar-refractivity contribution >= 4 is 38.5 Å². The quantitative estimate of drug-likeness (QED) is 0.465. The lowest BCUT2D eigenvalue weighted by atomic mass is 9.95. The molecule has 8 heteroatoms. The second-order valence-corrected chi connectivity index (χ2v) is 10.2. The standard InChI is InChI=1S/C23H25ClN2O4S/c1-14(23(27)28)21-17-9-5-6-10-19(17)25-22(21)15-11-12-18(24)20(13-15)31(29,30)26-16-7-3-2-4-8-16/h5-6,9-14,16,25-26H,2-4,7-8H2,1H3,(H,27,28). The minimum atomic E-state index is -3.81. The molecule has 1 aromatic heterocycles. The lowest BCUT2D eigenvalue weighted by molar-refractivity contribution is -0.138. The minimum Gasteiger partial charge on any atom is -0.481 e. The molecule has 6 nitrogen and oxygen atoms in total. The Hall–Kier alpha value is -2.35. The van der Waals surface area contributed by atoms with E-state index in [1.807, 2.05) is 24.3 Å². The van der Waals surface area contributed by atoms with Crippen LogP contribution >= 0.6 is 11.6 Å². The van der Waals surface area contributed by atoms with Gasteiger partial charge >= 0.3 is 5.97 Å². The first-order chi connectivity index (χ1) is 14.8. The van der Waals surface area contributed by atoms with Crippen molar-refractivity contribution in [3.63, 3.8) is 0 Å². The number of benzene rings is 2. The molecule has 0 aliphatic heterocycles. The van der Waals surface area contributed by atoms with E-state index in [1.165, 1.54) is 6.07 Å². The predicted octanol–water partition coefficient (Wildman–Crippen LogP) is 5.29. The van der Waals surface area contributed by atoms with Crippen LogP contribution in [0.15, 0.2) is 47.4 Å². The number of aliphatic carboxylic acids is 1. The summed E-state index contributed by atoms with van der Waals surface area (Å²) >= 11 is 6.29. The lowest BCUT2D eigenvalue weighted by Gasteiger charge is -2.23. The van der Waals surface area contributed by atoms with Crippen molar-refractivity contribution in [2.24, 2.45) is 0 Å². The Bertz CT molecular complexity index is 1230. The van der Waals surface area contributed by atoms with Crippen LogP contribution in [0.3, 0.4) is 0 Å². The zero-order chi connectivity index (χ0) is 22.2. The van der Waals surface area contributed by atoms with Crippen molar-refractivity contribution in [2.75, 3.05) is 0 Å². The van der Waals surface area contributed by atoms with Crippen LogP contribution in [-0.2, 0) is 14.8 Å². The molecular weight excluding hydrogens is 436 g/mol. The van der Waals surface area contributed by atoms with Gasteiger partial charge in [0.15, 0.2) is 0 Å². The fourth-order valence-corrected chi connectivity index (χ4v) is 6.16. The van der Waals surface area contributed by atoms with E-state index in [0.29, 0.717) is 16.8 Å². The third-order valence-corrected chi connectivity index (χ3v) is 7.99. The van der Waals surface area contributed by atoms with Crippen molar-refractivity contribution < 1.29 is 18.3 Å². The Morgan fingerprint density at radius 3 is 2.58 bits per heavy atom. The number of rotatable bonds is 6. The molecule has 4 rings (SSSR count). The van der Waals surface area contributed by atoms with Crippen LogP contribution in [-0.4, -0.2) is 30.5 Å². The first-order valence-electron chi connectivity index (χ1n) is 10.4. The van der Waals surface area contributed by atoms with Crippen LogP contribution in [0.5, 0.6) is 0 Å². The summed E-state index contributed by atoms with van der Waals surface area (Å²) in [7, 11) is -3.81. The van der Waals surface area contributed by atoms with Crippen LogP contribution in [0.4, 0.5) is 0 Å². The monoisotopic (exact) mass is 460 g/mol. The van der Waals surface area contributed by atoms with Crippen molar-refractivity contribution in [1.82, 2.24) is 9.71 Å². The van der Waals surface area contributed by atoms with Crippen LogP contribution < -0.4 is 4.72 Å². The van der Waals surface area contributed by atoms with E-state index in [-0.39, 0.29) is 16.0 Å². The van der Waals surface area contributed by atoms with E-state index in [0.717, 1.165) is 43.0 Å². The minimum absolute atomic E-state index is 0.00447. The summed E-state index contributed by atoms with van der Waals surface area (Å²) in [6, 6.07) is 12.1.